The zero-order valence-corrected chi connectivity index (χ0v) is 18.6. The molecule has 2 aromatic carbocycles. The molecule has 1 N–H and O–H groups in total. The highest BCUT2D eigenvalue weighted by atomic mass is 32.2. The number of rotatable bonds is 8. The van der Waals surface area contributed by atoms with E-state index in [1.54, 1.807) is 22.9 Å². The maximum Gasteiger partial charge on any atom is 0.268 e. The zero-order chi connectivity index (χ0) is 22.3. The summed E-state index contributed by atoms with van der Waals surface area (Å²) in [5, 5.41) is 3.93. The molecular formula is C25H24N4O2S. The predicted octanol–water partition coefficient (Wildman–Crippen LogP) is 4.01. The number of aromatic nitrogens is 3. The van der Waals surface area contributed by atoms with Gasteiger partial charge < -0.3 is 5.32 Å². The van der Waals surface area contributed by atoms with E-state index in [9.17, 15) is 9.59 Å². The van der Waals surface area contributed by atoms with Gasteiger partial charge in [0.25, 0.3) is 5.56 Å². The van der Waals surface area contributed by atoms with Gasteiger partial charge in [-0.2, -0.15) is 0 Å². The van der Waals surface area contributed by atoms with E-state index in [0.717, 1.165) is 12.8 Å². The Balaban J connectivity index is 1.47. The lowest BCUT2D eigenvalue weighted by Crippen LogP contribution is -2.34. The van der Waals surface area contributed by atoms with Crippen molar-refractivity contribution >= 4 is 28.7 Å². The van der Waals surface area contributed by atoms with Crippen molar-refractivity contribution in [2.45, 2.75) is 31.0 Å². The van der Waals surface area contributed by atoms with Crippen LogP contribution in [0.4, 0.5) is 0 Å². The third-order valence-corrected chi connectivity index (χ3v) is 6.01. The number of pyridine rings is 1. The molecule has 0 saturated heterocycles. The fourth-order valence-corrected chi connectivity index (χ4v) is 4.26. The van der Waals surface area contributed by atoms with Gasteiger partial charge in [-0.15, -0.1) is 0 Å². The second-order valence-electron chi connectivity index (χ2n) is 7.53. The summed E-state index contributed by atoms with van der Waals surface area (Å²) in [5.74, 6) is 0.0679. The molecule has 4 aromatic rings. The first-order chi connectivity index (χ1) is 15.6. The van der Waals surface area contributed by atoms with Crippen LogP contribution in [0.5, 0.6) is 0 Å². The highest BCUT2D eigenvalue weighted by Crippen LogP contribution is 2.20. The Kier molecular flexibility index (Phi) is 6.97. The molecule has 1 unspecified atom stereocenters. The van der Waals surface area contributed by atoms with Gasteiger partial charge in [0.2, 0.25) is 5.91 Å². The third-order valence-electron chi connectivity index (χ3n) is 5.08. The molecule has 0 bridgehead atoms. The smallest absolute Gasteiger partial charge is 0.268 e. The molecule has 2 aromatic heterocycles. The van der Waals surface area contributed by atoms with Crippen LogP contribution in [0, 0.1) is 0 Å². The molecule has 4 rings (SSSR count). The molecule has 0 aliphatic carbocycles. The molecule has 0 radical (unpaired) electrons. The summed E-state index contributed by atoms with van der Waals surface area (Å²) >= 11 is 1.24. The molecule has 1 atom stereocenters. The van der Waals surface area contributed by atoms with Crippen molar-refractivity contribution in [2.75, 3.05) is 5.75 Å². The average molecular weight is 445 g/mol. The summed E-state index contributed by atoms with van der Waals surface area (Å²) < 4.78 is 1.54. The molecule has 1 amide bonds. The Morgan fingerprint density at radius 1 is 1.03 bits per heavy atom. The minimum Gasteiger partial charge on any atom is -0.353 e. The van der Waals surface area contributed by atoms with Crippen LogP contribution in [-0.2, 0) is 11.2 Å². The van der Waals surface area contributed by atoms with Crippen molar-refractivity contribution in [1.82, 2.24) is 19.9 Å². The highest BCUT2D eigenvalue weighted by molar-refractivity contribution is 7.99. The lowest BCUT2D eigenvalue weighted by Gasteiger charge is -2.15. The van der Waals surface area contributed by atoms with Crippen LogP contribution in [0.2, 0.25) is 0 Å². The van der Waals surface area contributed by atoms with Gasteiger partial charge in [-0.1, -0.05) is 60.3 Å². The summed E-state index contributed by atoms with van der Waals surface area (Å²) in [5.41, 5.74) is 2.13. The zero-order valence-electron chi connectivity index (χ0n) is 17.8. The molecule has 0 aliphatic rings. The molecule has 0 spiro atoms. The summed E-state index contributed by atoms with van der Waals surface area (Å²) in [7, 11) is 0. The lowest BCUT2D eigenvalue weighted by atomic mass is 10.1. The number of nitrogens with one attached hydrogen (secondary N) is 1. The van der Waals surface area contributed by atoms with E-state index in [1.807, 2.05) is 55.5 Å². The van der Waals surface area contributed by atoms with Crippen LogP contribution < -0.4 is 10.9 Å². The van der Waals surface area contributed by atoms with Crippen LogP contribution in [0.25, 0.3) is 16.7 Å². The Hall–Kier alpha value is -3.45. The van der Waals surface area contributed by atoms with E-state index in [2.05, 4.69) is 27.4 Å². The summed E-state index contributed by atoms with van der Waals surface area (Å²) in [6.07, 6.45) is 3.37. The van der Waals surface area contributed by atoms with Crippen LogP contribution in [-0.4, -0.2) is 32.2 Å². The minimum atomic E-state index is -0.201. The maximum atomic E-state index is 13.2. The van der Waals surface area contributed by atoms with Gasteiger partial charge in [0.15, 0.2) is 10.8 Å². The molecule has 0 saturated carbocycles. The van der Waals surface area contributed by atoms with Gasteiger partial charge in [0.05, 0.1) is 16.8 Å². The van der Waals surface area contributed by atoms with Crippen molar-refractivity contribution in [1.29, 1.82) is 0 Å². The monoisotopic (exact) mass is 444 g/mol. The first kappa shape index (κ1) is 21.8. The van der Waals surface area contributed by atoms with Gasteiger partial charge in [-0.05, 0) is 49.6 Å². The van der Waals surface area contributed by atoms with Crippen molar-refractivity contribution in [3.05, 3.63) is 94.9 Å². The fourth-order valence-electron chi connectivity index (χ4n) is 3.45. The summed E-state index contributed by atoms with van der Waals surface area (Å²) in [4.78, 5) is 34.5. The molecule has 7 heteroatoms. The first-order valence-electron chi connectivity index (χ1n) is 10.5. The number of hydrogen-bond acceptors (Lipinski definition) is 5. The number of carbonyl (C=O) groups excluding carboxylic acids is 1. The lowest BCUT2D eigenvalue weighted by molar-refractivity contribution is -0.119. The molecular weight excluding hydrogens is 420 g/mol. The standard InChI is InChI=1S/C25H24N4O2S/c1-18(14-15-19-9-4-2-5-10-19)27-22(30)17-32-25-28-23-21(13-8-16-26-23)24(31)29(25)20-11-6-3-7-12-20/h2-13,16,18H,14-15,17H2,1H3,(H,27,30). The number of aryl methyl sites for hydroxylation is 1. The molecule has 162 valence electrons. The van der Waals surface area contributed by atoms with E-state index in [-0.39, 0.29) is 23.3 Å². The number of benzene rings is 2. The van der Waals surface area contributed by atoms with E-state index in [1.165, 1.54) is 17.3 Å². The van der Waals surface area contributed by atoms with Crippen molar-refractivity contribution < 1.29 is 4.79 Å². The quantitative estimate of drug-likeness (QED) is 0.328. The molecule has 6 nitrogen and oxygen atoms in total. The van der Waals surface area contributed by atoms with Crippen molar-refractivity contribution in [2.24, 2.45) is 0 Å². The number of nitrogens with zero attached hydrogens (tertiary/aromatic N) is 3. The Labute approximate surface area is 190 Å². The van der Waals surface area contributed by atoms with E-state index >= 15 is 0 Å². The number of para-hydroxylation sites is 1. The molecule has 0 fully saturated rings. The van der Waals surface area contributed by atoms with Crippen molar-refractivity contribution in [3.8, 4) is 5.69 Å². The normalized spacial score (nSPS) is 11.9. The number of thioether (sulfide) groups is 1. The number of carbonyl (C=O) groups is 1. The fraction of sp³-hybridized carbons (Fsp3) is 0.200. The van der Waals surface area contributed by atoms with Crippen LogP contribution in [0.15, 0.2) is 88.9 Å². The third kappa shape index (κ3) is 5.23. The van der Waals surface area contributed by atoms with Crippen LogP contribution in [0.1, 0.15) is 18.9 Å². The Morgan fingerprint density at radius 3 is 2.50 bits per heavy atom. The second-order valence-corrected chi connectivity index (χ2v) is 8.47. The molecule has 0 aliphatic heterocycles. The topological polar surface area (TPSA) is 76.9 Å². The summed E-state index contributed by atoms with van der Waals surface area (Å²) in [6, 6.07) is 23.0. The van der Waals surface area contributed by atoms with Crippen molar-refractivity contribution in [3.63, 3.8) is 0 Å². The molecule has 2 heterocycles. The van der Waals surface area contributed by atoms with Gasteiger partial charge in [-0.3, -0.25) is 14.2 Å². The maximum absolute atomic E-state index is 13.2. The van der Waals surface area contributed by atoms with E-state index in [0.29, 0.717) is 21.9 Å². The first-order valence-corrected chi connectivity index (χ1v) is 11.5. The van der Waals surface area contributed by atoms with Crippen LogP contribution >= 0.6 is 11.8 Å². The number of fused-ring (bicyclic) bond motifs is 1. The molecule has 32 heavy (non-hydrogen) atoms. The number of hydrogen-bond donors (Lipinski definition) is 1. The Morgan fingerprint density at radius 2 is 1.75 bits per heavy atom. The van der Waals surface area contributed by atoms with Gasteiger partial charge in [0, 0.05) is 12.2 Å². The average Bonchev–Trinajstić information content (AvgIpc) is 2.83. The summed E-state index contributed by atoms with van der Waals surface area (Å²) in [6.45, 7) is 2.00. The van der Waals surface area contributed by atoms with E-state index < -0.39 is 0 Å². The predicted molar refractivity (Wildman–Crippen MR) is 128 cm³/mol. The van der Waals surface area contributed by atoms with E-state index in [4.69, 9.17) is 0 Å². The highest BCUT2D eigenvalue weighted by Gasteiger charge is 2.16. The van der Waals surface area contributed by atoms with Gasteiger partial charge >= 0.3 is 0 Å². The van der Waals surface area contributed by atoms with Gasteiger partial charge in [-0.25, -0.2) is 9.97 Å². The SMILES string of the molecule is CC(CCc1ccccc1)NC(=O)CSc1nc2ncccc2c(=O)n1-c1ccccc1. The second kappa shape index (κ2) is 10.2. The Bertz CT molecular complexity index is 1260. The largest absolute Gasteiger partial charge is 0.353 e. The number of amides is 1. The van der Waals surface area contributed by atoms with Crippen LogP contribution in [0.3, 0.4) is 0 Å². The van der Waals surface area contributed by atoms with Gasteiger partial charge in [0.1, 0.15) is 0 Å². The minimum absolute atomic E-state index is 0.0471.